The van der Waals surface area contributed by atoms with Crippen LogP contribution in [-0.4, -0.2) is 6.71 Å². The summed E-state index contributed by atoms with van der Waals surface area (Å²) in [6.07, 6.45) is 4.41. The van der Waals surface area contributed by atoms with Gasteiger partial charge in [0.1, 0.15) is 0 Å². The van der Waals surface area contributed by atoms with Gasteiger partial charge in [0.15, 0.2) is 0 Å². The number of hydrogen-bond acceptors (Lipinski definition) is 2. The lowest BCUT2D eigenvalue weighted by molar-refractivity contribution is 0.332. The fraction of sp³-hybridized carbons (Fsp3) is 0.333. The predicted molar refractivity (Wildman–Crippen MR) is 324 cm³/mol. The van der Waals surface area contributed by atoms with Crippen LogP contribution in [0.15, 0.2) is 164 Å². The van der Waals surface area contributed by atoms with Crippen molar-refractivity contribution >= 4 is 57.2 Å². The van der Waals surface area contributed by atoms with E-state index < -0.39 is 6.85 Å². The number of rotatable bonds is 6. The van der Waals surface area contributed by atoms with Crippen molar-refractivity contribution in [2.45, 2.75) is 155 Å². The Labute approximate surface area is 454 Å². The highest BCUT2D eigenvalue weighted by Gasteiger charge is 2.48. The summed E-state index contributed by atoms with van der Waals surface area (Å²) in [7, 11) is 0. The molecule has 4 aliphatic rings. The molecule has 0 fully saturated rings. The summed E-state index contributed by atoms with van der Waals surface area (Å²) in [5.41, 5.74) is 23.2. The topological polar surface area (TPSA) is 6.48 Å². The molecule has 0 spiro atoms. The smallest absolute Gasteiger partial charge is 0.252 e. The van der Waals surface area contributed by atoms with E-state index in [4.69, 9.17) is 0 Å². The number of nitrogens with zero attached hydrogens (tertiary/aromatic N) is 2. The van der Waals surface area contributed by atoms with Gasteiger partial charge in [0.2, 0.25) is 0 Å². The second-order valence-corrected chi connectivity index (χ2v) is 26.9. The summed E-state index contributed by atoms with van der Waals surface area (Å²) in [4.78, 5) is 4.95. The van der Waals surface area contributed by atoms with Crippen LogP contribution >= 0.6 is 0 Å². The number of hydrogen-bond donors (Lipinski definition) is 0. The normalized spacial score (nSPS) is 18.4. The lowest BCUT2D eigenvalue weighted by atomic mass is 9.33. The molecule has 2 heterocycles. The number of benzene rings is 8. The Balaban J connectivity index is 1.21. The van der Waals surface area contributed by atoms with Crippen LogP contribution in [0.2, 0.25) is 0 Å². The largest absolute Gasteiger partial charge is 0.311 e. The summed E-state index contributed by atoms with van der Waals surface area (Å²) < 4.78 is 28.1. The summed E-state index contributed by atoms with van der Waals surface area (Å²) in [5.74, 6) is 0. The quantitative estimate of drug-likeness (QED) is 0.153. The second-order valence-electron chi connectivity index (χ2n) is 26.9. The van der Waals surface area contributed by atoms with Crippen LogP contribution in [-0.2, 0) is 32.5 Å². The van der Waals surface area contributed by atoms with Gasteiger partial charge in [0.25, 0.3) is 6.71 Å². The average molecular weight is 984 g/mol. The van der Waals surface area contributed by atoms with E-state index in [-0.39, 0.29) is 39.2 Å². The van der Waals surface area contributed by atoms with Crippen LogP contribution in [0.25, 0.3) is 22.3 Å². The van der Waals surface area contributed by atoms with Gasteiger partial charge < -0.3 is 9.80 Å². The first-order chi connectivity index (χ1) is 36.7. The molecule has 0 bridgehead atoms. The Morgan fingerprint density at radius 2 is 0.947 bits per heavy atom. The molecule has 0 unspecified atom stereocenters. The predicted octanol–water partition coefficient (Wildman–Crippen LogP) is 17.7. The van der Waals surface area contributed by atoms with Crippen molar-refractivity contribution in [1.82, 2.24) is 0 Å². The van der Waals surface area contributed by atoms with E-state index in [1.165, 1.54) is 55.4 Å². The Bertz CT molecular complexity index is 3690. The van der Waals surface area contributed by atoms with Gasteiger partial charge in [-0.1, -0.05) is 205 Å². The van der Waals surface area contributed by atoms with Gasteiger partial charge >= 0.3 is 0 Å². The van der Waals surface area contributed by atoms with Crippen molar-refractivity contribution in [3.05, 3.63) is 208 Å². The number of fused-ring (bicyclic) bond motifs is 6. The fourth-order valence-corrected chi connectivity index (χ4v) is 13.6. The van der Waals surface area contributed by atoms with Gasteiger partial charge in [-0.05, 0) is 186 Å². The van der Waals surface area contributed by atoms with Crippen molar-refractivity contribution in [2.24, 2.45) is 0 Å². The minimum atomic E-state index is -2.41. The average Bonchev–Trinajstić information content (AvgIpc) is 2.88. The van der Waals surface area contributed by atoms with Crippen molar-refractivity contribution in [3.8, 4) is 22.3 Å². The van der Waals surface area contributed by atoms with Crippen LogP contribution in [0.1, 0.15) is 164 Å². The molecule has 2 aliphatic carbocycles. The van der Waals surface area contributed by atoms with Gasteiger partial charge in [-0.3, -0.25) is 0 Å². The van der Waals surface area contributed by atoms with Gasteiger partial charge in [0, 0.05) is 43.5 Å². The molecular formula is C72H77BN2. The van der Waals surface area contributed by atoms with Gasteiger partial charge in [-0.15, -0.1) is 0 Å². The van der Waals surface area contributed by atoms with E-state index in [9.17, 15) is 4.11 Å². The molecule has 0 radical (unpaired) electrons. The van der Waals surface area contributed by atoms with E-state index >= 15 is 0 Å². The molecule has 12 rings (SSSR count). The SMILES string of the molecule is [2H]C([2H])([2H])c1cc2c3c(c1)N(c1ccc(C(C)(C)C)cc1-c1ccc(-c4ccccc4)cc1)c1cc(C(C)(C)c4ccccc4)ccc1B3c1cc3c(cc1N2c1ccc2c(c1)C(C)(C)CCC2(C)C)C(C)(C)CCC3(C)C. The first kappa shape index (κ1) is 45.8. The maximum absolute atomic E-state index is 9.37. The van der Waals surface area contributed by atoms with Crippen LogP contribution in [0.5, 0.6) is 0 Å². The summed E-state index contributed by atoms with van der Waals surface area (Å²) in [5, 5.41) is 0. The Kier molecular flexibility index (Phi) is 10.4. The van der Waals surface area contributed by atoms with E-state index in [1.54, 1.807) is 0 Å². The Hall–Kier alpha value is -6.58. The first-order valence-corrected chi connectivity index (χ1v) is 27.8. The summed E-state index contributed by atoms with van der Waals surface area (Å²) in [6.45, 7) is 28.2. The lowest BCUT2D eigenvalue weighted by Crippen LogP contribution is -2.62. The Morgan fingerprint density at radius 1 is 0.413 bits per heavy atom. The second kappa shape index (κ2) is 17.0. The zero-order valence-corrected chi connectivity index (χ0v) is 46.9. The van der Waals surface area contributed by atoms with Gasteiger partial charge in [0.05, 0.1) is 5.69 Å². The third-order valence-electron chi connectivity index (χ3n) is 18.8. The van der Waals surface area contributed by atoms with Crippen molar-refractivity contribution in [3.63, 3.8) is 0 Å². The molecule has 2 aliphatic heterocycles. The Morgan fingerprint density at radius 3 is 1.57 bits per heavy atom. The van der Waals surface area contributed by atoms with E-state index in [0.29, 0.717) is 5.56 Å². The highest BCUT2D eigenvalue weighted by molar-refractivity contribution is 7.00. The zero-order valence-electron chi connectivity index (χ0n) is 49.9. The lowest BCUT2D eigenvalue weighted by Gasteiger charge is -2.48. The first-order valence-electron chi connectivity index (χ1n) is 29.3. The van der Waals surface area contributed by atoms with Crippen molar-refractivity contribution in [1.29, 1.82) is 0 Å². The molecule has 8 aromatic rings. The molecule has 75 heavy (non-hydrogen) atoms. The molecular weight excluding hydrogens is 904 g/mol. The molecule has 0 atom stereocenters. The minimum absolute atomic E-state index is 0.0313. The zero-order chi connectivity index (χ0) is 55.3. The van der Waals surface area contributed by atoms with Gasteiger partial charge in [-0.25, -0.2) is 0 Å². The standard InChI is InChI=1S/C72H77BN2/c1-46-39-64-66-65(40-46)75(61-34-30-51(67(2,3)4)41-54(61)49-27-25-48(26-28-49)47-21-17-15-18-22-47)62-42-52(72(13,14)50-23-19-16-20-24-50)29-33-59(62)73(66)60-44-57-58(71(11,12)38-37-70(57,9)10)45-63(60)74(64)53-31-32-55-56(43-53)69(7,8)36-35-68(55,5)6/h15-34,39-45H,35-38H2,1-14H3/i1D3. The number of anilines is 6. The molecule has 0 aromatic heterocycles. The van der Waals surface area contributed by atoms with Crippen molar-refractivity contribution in [2.75, 3.05) is 9.80 Å². The summed E-state index contributed by atoms with van der Waals surface area (Å²) in [6, 6.07) is 61.1. The van der Waals surface area contributed by atoms with Gasteiger partial charge in [-0.2, -0.15) is 0 Å². The monoisotopic (exact) mass is 984 g/mol. The molecule has 8 aromatic carbocycles. The summed E-state index contributed by atoms with van der Waals surface area (Å²) >= 11 is 0. The number of aryl methyl sites for hydroxylation is 1. The molecule has 0 saturated carbocycles. The van der Waals surface area contributed by atoms with E-state index in [2.05, 4.69) is 251 Å². The van der Waals surface area contributed by atoms with E-state index in [0.717, 1.165) is 82.0 Å². The maximum atomic E-state index is 9.37. The molecule has 3 heteroatoms. The molecule has 0 N–H and O–H groups in total. The third-order valence-corrected chi connectivity index (χ3v) is 18.8. The molecule has 0 amide bonds. The highest BCUT2D eigenvalue weighted by Crippen LogP contribution is 2.54. The van der Waals surface area contributed by atoms with Crippen molar-refractivity contribution < 1.29 is 4.11 Å². The molecule has 2 nitrogen and oxygen atoms in total. The van der Waals surface area contributed by atoms with Crippen LogP contribution in [0, 0.1) is 6.85 Å². The van der Waals surface area contributed by atoms with Crippen LogP contribution in [0.4, 0.5) is 34.1 Å². The maximum Gasteiger partial charge on any atom is 0.252 e. The van der Waals surface area contributed by atoms with E-state index in [1.807, 2.05) is 12.1 Å². The molecule has 0 saturated heterocycles. The van der Waals surface area contributed by atoms with Crippen LogP contribution in [0.3, 0.4) is 0 Å². The van der Waals surface area contributed by atoms with Crippen LogP contribution < -0.4 is 26.2 Å². The fourth-order valence-electron chi connectivity index (χ4n) is 13.6. The minimum Gasteiger partial charge on any atom is -0.311 e. The molecule has 378 valence electrons. The third kappa shape index (κ3) is 7.96. The highest BCUT2D eigenvalue weighted by atomic mass is 15.2.